The zero-order chi connectivity index (χ0) is 20.3. The van der Waals surface area contributed by atoms with Gasteiger partial charge in [-0.1, -0.05) is 42.5 Å². The molecule has 8 nitrogen and oxygen atoms in total. The third-order valence-corrected chi connectivity index (χ3v) is 5.94. The molecular weight excluding hydrogens is 384 g/mol. The van der Waals surface area contributed by atoms with Gasteiger partial charge in [0, 0.05) is 0 Å². The number of ether oxygens (including phenoxy) is 1. The number of nitrogens with zero attached hydrogens (tertiary/aromatic N) is 1. The number of fused-ring (bicyclic) bond motifs is 1. The zero-order valence-corrected chi connectivity index (χ0v) is 15.8. The first kappa shape index (κ1) is 19.6. The van der Waals surface area contributed by atoms with E-state index in [0.29, 0.717) is 4.31 Å². The van der Waals surface area contributed by atoms with E-state index in [-0.39, 0.29) is 17.1 Å². The summed E-state index contributed by atoms with van der Waals surface area (Å²) in [6, 6.07) is 13.8. The van der Waals surface area contributed by atoms with E-state index < -0.39 is 40.4 Å². The Labute approximate surface area is 162 Å². The van der Waals surface area contributed by atoms with Gasteiger partial charge in [-0.25, -0.2) is 17.5 Å². The second-order valence-corrected chi connectivity index (χ2v) is 8.03. The fourth-order valence-corrected chi connectivity index (χ4v) is 4.24. The first-order chi connectivity index (χ1) is 13.3. The summed E-state index contributed by atoms with van der Waals surface area (Å²) in [7, 11) is -4.09. The first-order valence-corrected chi connectivity index (χ1v) is 9.90. The van der Waals surface area contributed by atoms with Gasteiger partial charge in [0.15, 0.2) is 0 Å². The summed E-state index contributed by atoms with van der Waals surface area (Å²) in [5.41, 5.74) is 0.812. The van der Waals surface area contributed by atoms with E-state index >= 15 is 0 Å². The zero-order valence-electron chi connectivity index (χ0n) is 15.0. The van der Waals surface area contributed by atoms with Crippen molar-refractivity contribution in [3.05, 3.63) is 65.7 Å². The molecule has 0 saturated heterocycles. The SMILES string of the molecule is C[C@H](NC(=O)CN1C(=O)c2ccccc2S1(=O)=O)C(=O)OCc1ccccc1. The molecule has 1 N–H and O–H groups in total. The smallest absolute Gasteiger partial charge is 0.328 e. The van der Waals surface area contributed by atoms with Gasteiger partial charge < -0.3 is 10.1 Å². The van der Waals surface area contributed by atoms with E-state index in [0.717, 1.165) is 5.56 Å². The van der Waals surface area contributed by atoms with Gasteiger partial charge in [0.2, 0.25) is 5.91 Å². The Hall–Kier alpha value is -3.20. The lowest BCUT2D eigenvalue weighted by Gasteiger charge is -2.17. The van der Waals surface area contributed by atoms with Crippen LogP contribution in [0.1, 0.15) is 22.8 Å². The number of nitrogens with one attached hydrogen (secondary N) is 1. The first-order valence-electron chi connectivity index (χ1n) is 8.46. The Morgan fingerprint density at radius 1 is 1.07 bits per heavy atom. The average molecular weight is 402 g/mol. The molecule has 1 aliphatic rings. The number of hydrogen-bond donors (Lipinski definition) is 1. The van der Waals surface area contributed by atoms with E-state index in [1.165, 1.54) is 25.1 Å². The molecule has 9 heteroatoms. The highest BCUT2D eigenvalue weighted by molar-refractivity contribution is 7.90. The van der Waals surface area contributed by atoms with E-state index in [9.17, 15) is 22.8 Å². The van der Waals surface area contributed by atoms with Gasteiger partial charge in [-0.15, -0.1) is 0 Å². The Balaban J connectivity index is 1.58. The standard InChI is InChI=1S/C19H18N2O6S/c1-13(19(24)27-12-14-7-3-2-4-8-14)20-17(22)11-21-18(23)15-9-5-6-10-16(15)28(21,25)26/h2-10,13H,11-12H2,1H3,(H,20,22)/t13-/m0/s1. The van der Waals surface area contributed by atoms with Gasteiger partial charge in [-0.05, 0) is 24.6 Å². The van der Waals surface area contributed by atoms with Crippen molar-refractivity contribution >= 4 is 27.8 Å². The number of sulfonamides is 1. The second kappa shape index (κ2) is 7.81. The molecule has 0 unspecified atom stereocenters. The lowest BCUT2D eigenvalue weighted by molar-refractivity contribution is -0.148. The van der Waals surface area contributed by atoms with E-state index in [2.05, 4.69) is 5.32 Å². The largest absolute Gasteiger partial charge is 0.459 e. The van der Waals surface area contributed by atoms with Crippen molar-refractivity contribution in [2.75, 3.05) is 6.54 Å². The van der Waals surface area contributed by atoms with Crippen molar-refractivity contribution in [3.8, 4) is 0 Å². The minimum absolute atomic E-state index is 0.0191. The molecular formula is C19H18N2O6S. The fraction of sp³-hybridized carbons (Fsp3) is 0.211. The summed E-state index contributed by atoms with van der Waals surface area (Å²) >= 11 is 0. The van der Waals surface area contributed by atoms with Gasteiger partial charge in [-0.3, -0.25) is 9.59 Å². The monoisotopic (exact) mass is 402 g/mol. The summed E-state index contributed by atoms with van der Waals surface area (Å²) in [5.74, 6) is -2.23. The Morgan fingerprint density at radius 2 is 1.71 bits per heavy atom. The number of amides is 2. The predicted molar refractivity (Wildman–Crippen MR) is 98.5 cm³/mol. The molecule has 146 valence electrons. The van der Waals surface area contributed by atoms with Crippen LogP contribution in [0.15, 0.2) is 59.5 Å². The van der Waals surface area contributed by atoms with Gasteiger partial charge in [0.05, 0.1) is 5.56 Å². The van der Waals surface area contributed by atoms with E-state index in [4.69, 9.17) is 4.74 Å². The molecule has 3 rings (SSSR count). The van der Waals surface area contributed by atoms with Gasteiger partial charge in [-0.2, -0.15) is 0 Å². The van der Waals surface area contributed by atoms with Crippen LogP contribution in [0.25, 0.3) is 0 Å². The maximum Gasteiger partial charge on any atom is 0.328 e. The van der Waals surface area contributed by atoms with Crippen LogP contribution >= 0.6 is 0 Å². The van der Waals surface area contributed by atoms with Crippen molar-refractivity contribution in [3.63, 3.8) is 0 Å². The number of esters is 1. The Morgan fingerprint density at radius 3 is 2.39 bits per heavy atom. The van der Waals surface area contributed by atoms with Gasteiger partial charge in [0.1, 0.15) is 24.1 Å². The molecule has 0 aliphatic carbocycles. The molecule has 28 heavy (non-hydrogen) atoms. The molecule has 2 aromatic carbocycles. The molecule has 0 radical (unpaired) electrons. The lowest BCUT2D eigenvalue weighted by Crippen LogP contribution is -2.46. The highest BCUT2D eigenvalue weighted by Crippen LogP contribution is 2.29. The maximum absolute atomic E-state index is 12.4. The van der Waals surface area contributed by atoms with Crippen LogP contribution in [0.4, 0.5) is 0 Å². The van der Waals surface area contributed by atoms with Crippen LogP contribution in [0.5, 0.6) is 0 Å². The lowest BCUT2D eigenvalue weighted by atomic mass is 10.2. The van der Waals surface area contributed by atoms with Crippen molar-refractivity contribution in [2.24, 2.45) is 0 Å². The third kappa shape index (κ3) is 3.89. The molecule has 2 aromatic rings. The van der Waals surface area contributed by atoms with Crippen LogP contribution in [-0.4, -0.2) is 43.1 Å². The highest BCUT2D eigenvalue weighted by atomic mass is 32.2. The van der Waals surface area contributed by atoms with Crippen LogP contribution < -0.4 is 5.32 Å². The van der Waals surface area contributed by atoms with Crippen LogP contribution in [0.2, 0.25) is 0 Å². The Kier molecular flexibility index (Phi) is 5.46. The fourth-order valence-electron chi connectivity index (χ4n) is 2.72. The number of carbonyl (C=O) groups is 3. The van der Waals surface area contributed by atoms with Gasteiger partial charge in [0.25, 0.3) is 15.9 Å². The molecule has 1 aliphatic heterocycles. The highest BCUT2D eigenvalue weighted by Gasteiger charge is 2.42. The number of benzene rings is 2. The molecule has 2 amide bonds. The summed E-state index contributed by atoms with van der Waals surface area (Å²) in [6.45, 7) is 0.751. The quantitative estimate of drug-likeness (QED) is 0.724. The molecule has 0 bridgehead atoms. The van der Waals surface area contributed by atoms with Crippen molar-refractivity contribution < 1.29 is 27.5 Å². The minimum Gasteiger partial charge on any atom is -0.459 e. The predicted octanol–water partition coefficient (Wildman–Crippen LogP) is 1.08. The van der Waals surface area contributed by atoms with Crippen LogP contribution in [-0.2, 0) is 31.0 Å². The topological polar surface area (TPSA) is 110 Å². The molecule has 0 spiro atoms. The molecule has 1 atom stereocenters. The Bertz CT molecular complexity index is 1020. The van der Waals surface area contributed by atoms with E-state index in [1.807, 2.05) is 6.07 Å². The van der Waals surface area contributed by atoms with Crippen LogP contribution in [0.3, 0.4) is 0 Å². The normalized spacial score (nSPS) is 15.6. The summed E-state index contributed by atoms with van der Waals surface area (Å²) in [4.78, 5) is 36.4. The minimum atomic E-state index is -4.09. The average Bonchev–Trinajstić information content (AvgIpc) is 2.88. The third-order valence-electron chi connectivity index (χ3n) is 4.15. The number of hydrogen-bond acceptors (Lipinski definition) is 6. The molecule has 1 heterocycles. The summed E-state index contributed by atoms with van der Waals surface area (Å²) < 4.78 is 30.5. The number of carbonyl (C=O) groups excluding carboxylic acids is 3. The molecule has 0 saturated carbocycles. The van der Waals surface area contributed by atoms with Gasteiger partial charge >= 0.3 is 5.97 Å². The van der Waals surface area contributed by atoms with Crippen molar-refractivity contribution in [2.45, 2.75) is 24.5 Å². The van der Waals surface area contributed by atoms with Crippen LogP contribution in [0, 0.1) is 0 Å². The van der Waals surface area contributed by atoms with Crippen molar-refractivity contribution in [1.82, 2.24) is 9.62 Å². The number of rotatable bonds is 6. The second-order valence-electron chi connectivity index (χ2n) is 6.20. The maximum atomic E-state index is 12.4. The summed E-state index contributed by atoms with van der Waals surface area (Å²) in [5, 5.41) is 2.36. The summed E-state index contributed by atoms with van der Waals surface area (Å²) in [6.07, 6.45) is 0. The molecule has 0 fully saturated rings. The van der Waals surface area contributed by atoms with E-state index in [1.54, 1.807) is 30.3 Å². The van der Waals surface area contributed by atoms with Crippen molar-refractivity contribution in [1.29, 1.82) is 0 Å². The molecule has 0 aromatic heterocycles.